The molecule has 170 valence electrons. The number of hydrogen-bond acceptors (Lipinski definition) is 2. The lowest BCUT2D eigenvalue weighted by Crippen LogP contribution is -2.50. The van der Waals surface area contributed by atoms with Crippen molar-refractivity contribution in [2.75, 3.05) is 0 Å². The summed E-state index contributed by atoms with van der Waals surface area (Å²) in [6.45, 7) is 13.5. The van der Waals surface area contributed by atoms with Crippen LogP contribution >= 0.6 is 0 Å². The summed E-state index contributed by atoms with van der Waals surface area (Å²) in [6, 6.07) is 8.16. The van der Waals surface area contributed by atoms with Crippen molar-refractivity contribution in [3.63, 3.8) is 0 Å². The van der Waals surface area contributed by atoms with Crippen LogP contribution in [0.1, 0.15) is 83.2 Å². The van der Waals surface area contributed by atoms with E-state index in [0.717, 1.165) is 17.3 Å². The van der Waals surface area contributed by atoms with Crippen molar-refractivity contribution in [1.82, 2.24) is 0 Å². The molecular weight excluding hydrogens is 412 g/mol. The third-order valence-electron chi connectivity index (χ3n) is 7.12. The molecule has 0 saturated heterocycles. The third kappa shape index (κ3) is 4.42. The summed E-state index contributed by atoms with van der Waals surface area (Å²) in [4.78, 5) is 0. The van der Waals surface area contributed by atoms with Gasteiger partial charge in [0, 0.05) is 16.4 Å². The zero-order valence-corrected chi connectivity index (χ0v) is 20.5. The largest absolute Gasteiger partial charge is 0.403 e. The molecular formula is C25H36F2NO2Si+. The molecule has 1 aliphatic carbocycles. The van der Waals surface area contributed by atoms with Crippen LogP contribution in [0, 0.1) is 11.6 Å². The average Bonchev–Trinajstić information content (AvgIpc) is 2.87. The Morgan fingerprint density at radius 3 is 2.23 bits per heavy atom. The van der Waals surface area contributed by atoms with Crippen LogP contribution in [-0.2, 0) is 10.8 Å². The number of pyridine rings is 1. The van der Waals surface area contributed by atoms with Gasteiger partial charge in [0.05, 0.1) is 0 Å². The Morgan fingerprint density at radius 2 is 1.61 bits per heavy atom. The van der Waals surface area contributed by atoms with Crippen molar-refractivity contribution in [2.45, 2.75) is 89.5 Å². The van der Waals surface area contributed by atoms with Gasteiger partial charge in [-0.15, -0.1) is 0 Å². The minimum absolute atomic E-state index is 0.168. The highest BCUT2D eigenvalue weighted by Crippen LogP contribution is 2.47. The minimum atomic E-state index is -2.21. The van der Waals surface area contributed by atoms with E-state index < -0.39 is 20.0 Å². The first-order chi connectivity index (χ1) is 14.6. The van der Waals surface area contributed by atoms with Crippen LogP contribution in [0.4, 0.5) is 8.78 Å². The maximum absolute atomic E-state index is 14.6. The first kappa shape index (κ1) is 23.9. The number of halogens is 2. The highest BCUT2D eigenvalue weighted by Gasteiger charge is 2.49. The molecule has 0 spiro atoms. The number of nitrogens with zero attached hydrogens (tertiary/aromatic N) is 1. The molecule has 1 aliphatic rings. The average molecular weight is 449 g/mol. The minimum Gasteiger partial charge on any atom is -0.403 e. The SMILES string of the molecule is CC(C)[Si](O[C@@H]1CC[C@@H](c2cccc(F)c2F)Cc2ccc[n+](O)c21)(C(C)C)C(C)C. The van der Waals surface area contributed by atoms with E-state index in [1.807, 2.05) is 6.07 Å². The van der Waals surface area contributed by atoms with E-state index in [-0.39, 0.29) is 12.0 Å². The molecule has 1 aromatic heterocycles. The van der Waals surface area contributed by atoms with Gasteiger partial charge < -0.3 is 4.43 Å². The van der Waals surface area contributed by atoms with E-state index in [0.29, 0.717) is 41.4 Å². The standard InChI is InChI=1S/C25H36F2NO2Si/c1-16(2)31(17(3)4,18(5)6)30-23-13-12-19(21-10-7-11-22(26)24(21)27)15-20-9-8-14-28(29)25(20)23/h7-11,14,16-19,23,29H,12-13,15H2,1-6H3/q+1/t19-,23-/m1/s1. The van der Waals surface area contributed by atoms with Gasteiger partial charge in [0.2, 0.25) is 14.5 Å². The Kier molecular flexibility index (Phi) is 7.21. The fourth-order valence-corrected chi connectivity index (χ4v) is 11.3. The van der Waals surface area contributed by atoms with Crippen LogP contribution in [0.25, 0.3) is 0 Å². The maximum Gasteiger partial charge on any atom is 0.264 e. The fourth-order valence-electron chi connectivity index (χ4n) is 5.81. The predicted molar refractivity (Wildman–Crippen MR) is 121 cm³/mol. The third-order valence-corrected chi connectivity index (χ3v) is 13.2. The molecule has 2 atom stereocenters. The van der Waals surface area contributed by atoms with Crippen LogP contribution in [0.3, 0.4) is 0 Å². The van der Waals surface area contributed by atoms with E-state index in [1.165, 1.54) is 4.73 Å². The summed E-state index contributed by atoms with van der Waals surface area (Å²) < 4.78 is 36.8. The van der Waals surface area contributed by atoms with Crippen molar-refractivity contribution in [1.29, 1.82) is 0 Å². The first-order valence-electron chi connectivity index (χ1n) is 11.4. The number of aromatic nitrogens is 1. The molecule has 1 heterocycles. The van der Waals surface area contributed by atoms with Crippen LogP contribution in [0.2, 0.25) is 16.6 Å². The lowest BCUT2D eigenvalue weighted by molar-refractivity contribution is -0.911. The van der Waals surface area contributed by atoms with Gasteiger partial charge in [-0.2, -0.15) is 0 Å². The fraction of sp³-hybridized carbons (Fsp3) is 0.560. The van der Waals surface area contributed by atoms with Crippen molar-refractivity contribution in [3.8, 4) is 0 Å². The number of fused-ring (bicyclic) bond motifs is 1. The highest BCUT2D eigenvalue weighted by molar-refractivity contribution is 6.77. The summed E-state index contributed by atoms with van der Waals surface area (Å²) in [5, 5.41) is 10.7. The summed E-state index contributed by atoms with van der Waals surface area (Å²) in [5.41, 5.74) is 3.31. The lowest BCUT2D eigenvalue weighted by Gasteiger charge is -2.44. The Labute approximate surface area is 186 Å². The van der Waals surface area contributed by atoms with Gasteiger partial charge >= 0.3 is 0 Å². The molecule has 0 aliphatic heterocycles. The Bertz CT molecular complexity index is 895. The Morgan fingerprint density at radius 1 is 0.968 bits per heavy atom. The van der Waals surface area contributed by atoms with Crippen LogP contribution in [-0.4, -0.2) is 13.5 Å². The van der Waals surface area contributed by atoms with Gasteiger partial charge in [-0.05, 0) is 59.5 Å². The van der Waals surface area contributed by atoms with E-state index in [4.69, 9.17) is 4.43 Å². The summed E-state index contributed by atoms with van der Waals surface area (Å²) in [5.74, 6) is -1.75. The molecule has 0 amide bonds. The number of hydrogen-bond donors (Lipinski definition) is 1. The van der Waals surface area contributed by atoms with Gasteiger partial charge in [-0.1, -0.05) is 53.7 Å². The van der Waals surface area contributed by atoms with Gasteiger partial charge in [0.15, 0.2) is 11.6 Å². The van der Waals surface area contributed by atoms with Gasteiger partial charge in [0.1, 0.15) is 6.10 Å². The smallest absolute Gasteiger partial charge is 0.264 e. The van der Waals surface area contributed by atoms with Crippen LogP contribution < -0.4 is 4.73 Å². The second-order valence-electron chi connectivity index (χ2n) is 9.81. The predicted octanol–water partition coefficient (Wildman–Crippen LogP) is 6.84. The molecule has 3 rings (SSSR count). The molecule has 0 bridgehead atoms. The van der Waals surface area contributed by atoms with Gasteiger partial charge in [-0.3, -0.25) is 5.21 Å². The van der Waals surface area contributed by atoms with E-state index in [9.17, 15) is 14.0 Å². The van der Waals surface area contributed by atoms with Crippen molar-refractivity contribution in [2.24, 2.45) is 0 Å². The number of benzene rings is 1. The molecule has 6 heteroatoms. The molecule has 0 saturated carbocycles. The monoisotopic (exact) mass is 448 g/mol. The molecule has 2 aromatic rings. The van der Waals surface area contributed by atoms with Gasteiger partial charge in [-0.25, -0.2) is 8.78 Å². The quantitative estimate of drug-likeness (QED) is 0.227. The van der Waals surface area contributed by atoms with Crippen molar-refractivity contribution < 1.29 is 23.1 Å². The number of rotatable bonds is 6. The van der Waals surface area contributed by atoms with Crippen LogP contribution in [0.5, 0.6) is 0 Å². The van der Waals surface area contributed by atoms with E-state index >= 15 is 0 Å². The van der Waals surface area contributed by atoms with E-state index in [2.05, 4.69) is 41.5 Å². The molecule has 3 nitrogen and oxygen atoms in total. The molecule has 0 radical (unpaired) electrons. The van der Waals surface area contributed by atoms with Gasteiger partial charge in [0.25, 0.3) is 5.69 Å². The molecule has 31 heavy (non-hydrogen) atoms. The maximum atomic E-state index is 14.6. The van der Waals surface area contributed by atoms with Crippen molar-refractivity contribution >= 4 is 8.32 Å². The Balaban J connectivity index is 2.05. The first-order valence-corrected chi connectivity index (χ1v) is 13.6. The summed E-state index contributed by atoms with van der Waals surface area (Å²) in [7, 11) is -2.21. The zero-order valence-electron chi connectivity index (χ0n) is 19.5. The van der Waals surface area contributed by atoms with E-state index in [1.54, 1.807) is 24.4 Å². The lowest BCUT2D eigenvalue weighted by atomic mass is 9.90. The summed E-state index contributed by atoms with van der Waals surface area (Å²) >= 11 is 0. The molecule has 0 unspecified atom stereocenters. The van der Waals surface area contributed by atoms with Crippen LogP contribution in [0.15, 0.2) is 36.5 Å². The topological polar surface area (TPSA) is 33.3 Å². The molecule has 0 fully saturated rings. The van der Waals surface area contributed by atoms with Crippen molar-refractivity contribution in [3.05, 3.63) is 65.0 Å². The normalized spacial score (nSPS) is 19.7. The zero-order chi connectivity index (χ0) is 22.9. The second kappa shape index (κ2) is 9.37. The highest BCUT2D eigenvalue weighted by atomic mass is 28.4. The Hall–Kier alpha value is -1.79. The molecule has 1 aromatic carbocycles. The summed E-state index contributed by atoms with van der Waals surface area (Å²) in [6.07, 6.45) is 3.21. The molecule has 1 N–H and O–H groups in total. The second-order valence-corrected chi connectivity index (χ2v) is 15.2.